The third-order valence-electron chi connectivity index (χ3n) is 4.46. The lowest BCUT2D eigenvalue weighted by Gasteiger charge is -2.20. The number of rotatable bonds is 4. The molecule has 2 heteroatoms. The molecule has 0 aromatic heterocycles. The van der Waals surface area contributed by atoms with E-state index in [1.54, 1.807) is 5.56 Å². The van der Waals surface area contributed by atoms with Crippen molar-refractivity contribution in [3.63, 3.8) is 0 Å². The molecule has 1 aliphatic carbocycles. The van der Waals surface area contributed by atoms with E-state index in [0.29, 0.717) is 12.1 Å². The third-order valence-corrected chi connectivity index (χ3v) is 4.46. The Morgan fingerprint density at radius 1 is 1.16 bits per heavy atom. The van der Waals surface area contributed by atoms with Crippen LogP contribution < -0.4 is 10.1 Å². The Kier molecular flexibility index (Phi) is 3.79. The van der Waals surface area contributed by atoms with E-state index in [1.165, 1.54) is 43.2 Å². The van der Waals surface area contributed by atoms with E-state index >= 15 is 0 Å². The molecule has 1 aliphatic heterocycles. The SMILES string of the molecule is CCCC1Oc2cc3c(cc2C1NCC)CCCC3. The number of fused-ring (bicyclic) bond motifs is 2. The molecule has 0 spiro atoms. The first-order chi connectivity index (χ1) is 9.33. The molecule has 2 atom stereocenters. The van der Waals surface area contributed by atoms with Crippen molar-refractivity contribution in [2.75, 3.05) is 6.54 Å². The molecule has 19 heavy (non-hydrogen) atoms. The van der Waals surface area contributed by atoms with Gasteiger partial charge in [-0.1, -0.05) is 26.3 Å². The normalized spacial score (nSPS) is 24.7. The van der Waals surface area contributed by atoms with Gasteiger partial charge < -0.3 is 10.1 Å². The summed E-state index contributed by atoms with van der Waals surface area (Å²) in [6.45, 7) is 5.42. The lowest BCUT2D eigenvalue weighted by Crippen LogP contribution is -2.30. The molecule has 1 aromatic carbocycles. The fraction of sp³-hybridized carbons (Fsp3) is 0.647. The quantitative estimate of drug-likeness (QED) is 0.888. The molecule has 2 aliphatic rings. The van der Waals surface area contributed by atoms with E-state index in [9.17, 15) is 0 Å². The van der Waals surface area contributed by atoms with Gasteiger partial charge >= 0.3 is 0 Å². The van der Waals surface area contributed by atoms with Crippen molar-refractivity contribution in [1.29, 1.82) is 0 Å². The third kappa shape index (κ3) is 2.38. The van der Waals surface area contributed by atoms with Crippen molar-refractivity contribution in [2.45, 2.75) is 64.5 Å². The smallest absolute Gasteiger partial charge is 0.125 e. The van der Waals surface area contributed by atoms with Crippen LogP contribution in [0.1, 0.15) is 62.3 Å². The summed E-state index contributed by atoms with van der Waals surface area (Å²) in [6, 6.07) is 5.14. The molecule has 0 fully saturated rings. The zero-order valence-corrected chi connectivity index (χ0v) is 12.2. The van der Waals surface area contributed by atoms with Crippen LogP contribution in [0.15, 0.2) is 12.1 Å². The zero-order chi connectivity index (χ0) is 13.2. The van der Waals surface area contributed by atoms with Gasteiger partial charge in [0.1, 0.15) is 11.9 Å². The largest absolute Gasteiger partial charge is 0.488 e. The Balaban J connectivity index is 1.93. The lowest BCUT2D eigenvalue weighted by molar-refractivity contribution is 0.179. The number of aryl methyl sites for hydroxylation is 2. The molecule has 0 amide bonds. The van der Waals surface area contributed by atoms with Gasteiger partial charge in [0.05, 0.1) is 6.04 Å². The molecule has 0 saturated carbocycles. The number of likely N-dealkylation sites (N-methyl/N-ethyl adjacent to an activating group) is 1. The Morgan fingerprint density at radius 2 is 1.89 bits per heavy atom. The molecule has 0 saturated heterocycles. The summed E-state index contributed by atoms with van der Waals surface area (Å²) in [6.07, 6.45) is 7.80. The van der Waals surface area contributed by atoms with Gasteiger partial charge in [-0.3, -0.25) is 0 Å². The lowest BCUT2D eigenvalue weighted by atomic mass is 9.88. The van der Waals surface area contributed by atoms with Gasteiger partial charge in [0, 0.05) is 5.56 Å². The first-order valence-electron chi connectivity index (χ1n) is 7.89. The highest BCUT2D eigenvalue weighted by Gasteiger charge is 2.34. The maximum Gasteiger partial charge on any atom is 0.125 e. The summed E-state index contributed by atoms with van der Waals surface area (Å²) in [7, 11) is 0. The van der Waals surface area contributed by atoms with Crippen LogP contribution in [0.25, 0.3) is 0 Å². The van der Waals surface area contributed by atoms with Crippen LogP contribution in [0.3, 0.4) is 0 Å². The van der Waals surface area contributed by atoms with Gasteiger partial charge in [-0.05, 0) is 55.8 Å². The van der Waals surface area contributed by atoms with E-state index in [-0.39, 0.29) is 0 Å². The minimum Gasteiger partial charge on any atom is -0.488 e. The summed E-state index contributed by atoms with van der Waals surface area (Å²) >= 11 is 0. The van der Waals surface area contributed by atoms with Gasteiger partial charge in [-0.15, -0.1) is 0 Å². The highest BCUT2D eigenvalue weighted by molar-refractivity contribution is 5.48. The monoisotopic (exact) mass is 259 g/mol. The van der Waals surface area contributed by atoms with Crippen LogP contribution in [0.5, 0.6) is 5.75 Å². The first kappa shape index (κ1) is 13.0. The van der Waals surface area contributed by atoms with Gasteiger partial charge in [0.15, 0.2) is 0 Å². The summed E-state index contributed by atoms with van der Waals surface area (Å²) in [5.41, 5.74) is 4.49. The van der Waals surface area contributed by atoms with Gasteiger partial charge in [-0.2, -0.15) is 0 Å². The van der Waals surface area contributed by atoms with Crippen LogP contribution >= 0.6 is 0 Å². The van der Waals surface area contributed by atoms with Crippen LogP contribution in [0.4, 0.5) is 0 Å². The number of benzene rings is 1. The summed E-state index contributed by atoms with van der Waals surface area (Å²) in [5, 5.41) is 3.62. The van der Waals surface area contributed by atoms with Crippen molar-refractivity contribution in [3.8, 4) is 5.75 Å². The molecule has 1 heterocycles. The molecule has 2 unspecified atom stereocenters. The molecular formula is C17H25NO. The van der Waals surface area contributed by atoms with Crippen molar-refractivity contribution in [2.24, 2.45) is 0 Å². The molecule has 0 bridgehead atoms. The number of ether oxygens (including phenoxy) is 1. The van der Waals surface area contributed by atoms with Crippen molar-refractivity contribution >= 4 is 0 Å². The summed E-state index contributed by atoms with van der Waals surface area (Å²) in [4.78, 5) is 0. The van der Waals surface area contributed by atoms with Crippen LogP contribution in [0, 0.1) is 0 Å². The Bertz CT molecular complexity index is 455. The molecule has 0 radical (unpaired) electrons. The second-order valence-electron chi connectivity index (χ2n) is 5.85. The molecule has 2 nitrogen and oxygen atoms in total. The van der Waals surface area contributed by atoms with Gasteiger partial charge in [0.25, 0.3) is 0 Å². The number of hydrogen-bond acceptors (Lipinski definition) is 2. The maximum absolute atomic E-state index is 6.22. The summed E-state index contributed by atoms with van der Waals surface area (Å²) < 4.78 is 6.22. The van der Waals surface area contributed by atoms with E-state index in [2.05, 4.69) is 31.3 Å². The molecule has 104 valence electrons. The Morgan fingerprint density at radius 3 is 2.58 bits per heavy atom. The maximum atomic E-state index is 6.22. The molecule has 1 N–H and O–H groups in total. The van der Waals surface area contributed by atoms with Crippen molar-refractivity contribution in [3.05, 3.63) is 28.8 Å². The highest BCUT2D eigenvalue weighted by Crippen LogP contribution is 2.41. The minimum absolute atomic E-state index is 0.323. The van der Waals surface area contributed by atoms with E-state index in [4.69, 9.17) is 4.74 Å². The molecule has 3 rings (SSSR count). The highest BCUT2D eigenvalue weighted by atomic mass is 16.5. The second-order valence-corrected chi connectivity index (χ2v) is 5.85. The van der Waals surface area contributed by atoms with Gasteiger partial charge in [-0.25, -0.2) is 0 Å². The van der Waals surface area contributed by atoms with E-state index in [0.717, 1.165) is 18.7 Å². The predicted octanol–water partition coefficient (Wildman–Crippen LogP) is 3.78. The molecular weight excluding hydrogens is 234 g/mol. The zero-order valence-electron chi connectivity index (χ0n) is 12.2. The second kappa shape index (κ2) is 5.54. The average Bonchev–Trinajstić information content (AvgIpc) is 2.75. The number of hydrogen-bond donors (Lipinski definition) is 1. The topological polar surface area (TPSA) is 21.3 Å². The van der Waals surface area contributed by atoms with E-state index < -0.39 is 0 Å². The van der Waals surface area contributed by atoms with Crippen LogP contribution in [-0.4, -0.2) is 12.6 Å². The number of nitrogens with one attached hydrogen (secondary N) is 1. The van der Waals surface area contributed by atoms with Crippen LogP contribution in [0.2, 0.25) is 0 Å². The Hall–Kier alpha value is -1.02. The average molecular weight is 259 g/mol. The van der Waals surface area contributed by atoms with Crippen LogP contribution in [-0.2, 0) is 12.8 Å². The minimum atomic E-state index is 0.323. The van der Waals surface area contributed by atoms with Gasteiger partial charge in [0.2, 0.25) is 0 Å². The predicted molar refractivity (Wildman–Crippen MR) is 78.8 cm³/mol. The molecule has 1 aromatic rings. The summed E-state index contributed by atoms with van der Waals surface area (Å²) in [5.74, 6) is 1.14. The van der Waals surface area contributed by atoms with Crippen molar-refractivity contribution < 1.29 is 4.74 Å². The first-order valence-corrected chi connectivity index (χ1v) is 7.89. The van der Waals surface area contributed by atoms with Crippen molar-refractivity contribution in [1.82, 2.24) is 5.32 Å². The standard InChI is InChI=1S/C17H25NO/c1-3-7-15-17(18-4-2)14-10-12-8-5-6-9-13(12)11-16(14)19-15/h10-11,15,17-18H,3-9H2,1-2H3. The fourth-order valence-corrected chi connectivity index (χ4v) is 3.53. The fourth-order valence-electron chi connectivity index (χ4n) is 3.53. The Labute approximate surface area is 116 Å². The van der Waals surface area contributed by atoms with E-state index in [1.807, 2.05) is 0 Å².